The van der Waals surface area contributed by atoms with Crippen LogP contribution in [0.2, 0.25) is 0 Å². The number of alkyl halides is 3. The molecule has 0 atom stereocenters. The van der Waals surface area contributed by atoms with Crippen molar-refractivity contribution >= 4 is 23.1 Å². The van der Waals surface area contributed by atoms with Gasteiger partial charge in [0.25, 0.3) is 0 Å². The summed E-state index contributed by atoms with van der Waals surface area (Å²) in [5.41, 5.74) is 0.351. The second kappa shape index (κ2) is 6.34. The maximum Gasteiger partial charge on any atom is 0.434 e. The number of halogens is 3. The number of nitrogens with one attached hydrogen (secondary N) is 2. The van der Waals surface area contributed by atoms with E-state index in [1.807, 2.05) is 0 Å². The Morgan fingerprint density at radius 3 is 2.73 bits per heavy atom. The van der Waals surface area contributed by atoms with Crippen LogP contribution in [0.5, 0.6) is 0 Å². The third-order valence-corrected chi connectivity index (χ3v) is 3.64. The number of hydrogen-bond acceptors (Lipinski definition) is 4. The zero-order valence-corrected chi connectivity index (χ0v) is 12.7. The summed E-state index contributed by atoms with van der Waals surface area (Å²) in [5, 5.41) is 10.5. The smallest absolute Gasteiger partial charge is 0.337 e. The van der Waals surface area contributed by atoms with Gasteiger partial charge in [-0.1, -0.05) is 0 Å². The van der Waals surface area contributed by atoms with Crippen LogP contribution in [0, 0.1) is 6.92 Å². The Bertz CT molecular complexity index is 664. The van der Waals surface area contributed by atoms with Crippen LogP contribution in [0.15, 0.2) is 11.6 Å². The Morgan fingerprint density at radius 2 is 2.18 bits per heavy atom. The number of aryl methyl sites for hydroxylation is 2. The molecule has 2 aromatic rings. The van der Waals surface area contributed by atoms with Crippen LogP contribution < -0.4 is 10.6 Å². The zero-order valence-electron chi connectivity index (χ0n) is 11.9. The SMILES string of the molecule is Cc1nn(C)cc1NC(=O)NCCc1nc(C(F)(F)F)cs1. The first kappa shape index (κ1) is 16.3. The van der Waals surface area contributed by atoms with Gasteiger partial charge in [0.1, 0.15) is 0 Å². The van der Waals surface area contributed by atoms with Crippen LogP contribution in [0.25, 0.3) is 0 Å². The molecule has 10 heteroatoms. The largest absolute Gasteiger partial charge is 0.434 e. The number of aromatic nitrogens is 3. The average Bonchev–Trinajstić information content (AvgIpc) is 2.97. The number of urea groups is 1. The highest BCUT2D eigenvalue weighted by atomic mass is 32.1. The molecule has 0 unspecified atom stereocenters. The molecule has 2 aromatic heterocycles. The Hall–Kier alpha value is -2.10. The van der Waals surface area contributed by atoms with Crippen LogP contribution in [-0.2, 0) is 19.6 Å². The first-order chi connectivity index (χ1) is 10.3. The van der Waals surface area contributed by atoms with Gasteiger partial charge >= 0.3 is 12.2 Å². The lowest BCUT2D eigenvalue weighted by atomic mass is 10.4. The minimum absolute atomic E-state index is 0.190. The van der Waals surface area contributed by atoms with Gasteiger partial charge in [-0.15, -0.1) is 11.3 Å². The summed E-state index contributed by atoms with van der Waals surface area (Å²) >= 11 is 0.922. The van der Waals surface area contributed by atoms with E-state index in [4.69, 9.17) is 0 Å². The molecule has 0 aliphatic rings. The second-order valence-corrected chi connectivity index (χ2v) is 5.50. The number of amides is 2. The molecule has 2 amide bonds. The summed E-state index contributed by atoms with van der Waals surface area (Å²) in [6.07, 6.45) is -2.54. The van der Waals surface area contributed by atoms with E-state index >= 15 is 0 Å². The van der Waals surface area contributed by atoms with Gasteiger partial charge in [-0.2, -0.15) is 18.3 Å². The molecule has 0 saturated heterocycles. The second-order valence-electron chi connectivity index (χ2n) is 4.56. The van der Waals surface area contributed by atoms with Crippen molar-refractivity contribution in [2.24, 2.45) is 7.05 Å². The lowest BCUT2D eigenvalue weighted by molar-refractivity contribution is -0.140. The van der Waals surface area contributed by atoms with Crippen molar-refractivity contribution in [2.75, 3.05) is 11.9 Å². The predicted octanol–water partition coefficient (Wildman–Crippen LogP) is 2.57. The number of carbonyl (C=O) groups excluding carboxylic acids is 1. The molecule has 0 aliphatic carbocycles. The summed E-state index contributed by atoms with van der Waals surface area (Å²) in [7, 11) is 1.73. The third kappa shape index (κ3) is 4.20. The van der Waals surface area contributed by atoms with Crippen LogP contribution in [0.1, 0.15) is 16.4 Å². The van der Waals surface area contributed by atoms with E-state index in [0.717, 1.165) is 16.7 Å². The number of anilines is 1. The maximum absolute atomic E-state index is 12.4. The normalized spacial score (nSPS) is 11.5. The van der Waals surface area contributed by atoms with E-state index in [1.54, 1.807) is 24.9 Å². The van der Waals surface area contributed by atoms with E-state index in [-0.39, 0.29) is 13.0 Å². The molecule has 2 N–H and O–H groups in total. The Labute approximate surface area is 128 Å². The fourth-order valence-electron chi connectivity index (χ4n) is 1.73. The first-order valence-corrected chi connectivity index (χ1v) is 7.20. The highest BCUT2D eigenvalue weighted by molar-refractivity contribution is 7.09. The van der Waals surface area contributed by atoms with Gasteiger partial charge in [-0.25, -0.2) is 9.78 Å². The fourth-order valence-corrected chi connectivity index (χ4v) is 2.53. The van der Waals surface area contributed by atoms with Crippen molar-refractivity contribution in [3.8, 4) is 0 Å². The highest BCUT2D eigenvalue weighted by Gasteiger charge is 2.33. The summed E-state index contributed by atoms with van der Waals surface area (Å²) in [6, 6.07) is -0.441. The minimum atomic E-state index is -4.43. The molecule has 0 radical (unpaired) electrons. The van der Waals surface area contributed by atoms with Gasteiger partial charge < -0.3 is 10.6 Å². The minimum Gasteiger partial charge on any atom is -0.337 e. The Kier molecular flexibility index (Phi) is 4.69. The number of thiazole rings is 1. The van der Waals surface area contributed by atoms with Crippen molar-refractivity contribution in [2.45, 2.75) is 19.5 Å². The summed E-state index contributed by atoms with van der Waals surface area (Å²) in [4.78, 5) is 15.2. The predicted molar refractivity (Wildman–Crippen MR) is 75.8 cm³/mol. The molecule has 0 aliphatic heterocycles. The standard InChI is InChI=1S/C12H14F3N5OS/c1-7-8(5-20(2)19-7)17-11(21)16-4-3-10-18-9(6-22-10)12(13,14)15/h5-6H,3-4H2,1-2H3,(H2,16,17,21). The number of hydrogen-bond donors (Lipinski definition) is 2. The summed E-state index contributed by atoms with van der Waals surface area (Å²) < 4.78 is 38.7. The first-order valence-electron chi connectivity index (χ1n) is 6.32. The molecule has 22 heavy (non-hydrogen) atoms. The zero-order chi connectivity index (χ0) is 16.3. The van der Waals surface area contributed by atoms with Gasteiger partial charge in [0.05, 0.1) is 16.4 Å². The van der Waals surface area contributed by atoms with E-state index in [0.29, 0.717) is 16.4 Å². The molecule has 0 aromatic carbocycles. The monoisotopic (exact) mass is 333 g/mol. The molecule has 0 spiro atoms. The van der Waals surface area contributed by atoms with Crippen LogP contribution in [0.3, 0.4) is 0 Å². The van der Waals surface area contributed by atoms with Crippen LogP contribution in [0.4, 0.5) is 23.7 Å². The molecular weight excluding hydrogens is 319 g/mol. The van der Waals surface area contributed by atoms with Crippen molar-refractivity contribution in [3.63, 3.8) is 0 Å². The van der Waals surface area contributed by atoms with Gasteiger partial charge in [-0.05, 0) is 6.92 Å². The van der Waals surface area contributed by atoms with Crippen molar-refractivity contribution < 1.29 is 18.0 Å². The van der Waals surface area contributed by atoms with E-state index in [9.17, 15) is 18.0 Å². The van der Waals surface area contributed by atoms with Crippen LogP contribution in [-0.4, -0.2) is 27.3 Å². The van der Waals surface area contributed by atoms with E-state index in [1.165, 1.54) is 0 Å². The van der Waals surface area contributed by atoms with Gasteiger partial charge in [0.2, 0.25) is 0 Å². The van der Waals surface area contributed by atoms with Gasteiger partial charge in [0, 0.05) is 31.6 Å². The Balaban J connectivity index is 1.80. The lowest BCUT2D eigenvalue weighted by Gasteiger charge is -2.05. The molecule has 120 valence electrons. The van der Waals surface area contributed by atoms with E-state index < -0.39 is 17.9 Å². The lowest BCUT2D eigenvalue weighted by Crippen LogP contribution is -2.30. The van der Waals surface area contributed by atoms with Crippen molar-refractivity contribution in [3.05, 3.63) is 28.0 Å². The molecule has 0 fully saturated rings. The average molecular weight is 333 g/mol. The number of carbonyl (C=O) groups is 1. The third-order valence-electron chi connectivity index (χ3n) is 2.73. The number of rotatable bonds is 4. The maximum atomic E-state index is 12.4. The Morgan fingerprint density at radius 1 is 1.45 bits per heavy atom. The number of nitrogens with zero attached hydrogens (tertiary/aromatic N) is 3. The quantitative estimate of drug-likeness (QED) is 0.903. The molecule has 2 rings (SSSR count). The molecule has 0 bridgehead atoms. The molecular formula is C12H14F3N5OS. The van der Waals surface area contributed by atoms with Crippen molar-refractivity contribution in [1.82, 2.24) is 20.1 Å². The fraction of sp³-hybridized carbons (Fsp3) is 0.417. The van der Waals surface area contributed by atoms with Crippen LogP contribution >= 0.6 is 11.3 Å². The van der Waals surface area contributed by atoms with Crippen molar-refractivity contribution in [1.29, 1.82) is 0 Å². The molecule has 0 saturated carbocycles. The molecule has 2 heterocycles. The summed E-state index contributed by atoms with van der Waals surface area (Å²) in [5.74, 6) is 0. The van der Waals surface area contributed by atoms with Gasteiger partial charge in [0.15, 0.2) is 5.69 Å². The van der Waals surface area contributed by atoms with Gasteiger partial charge in [-0.3, -0.25) is 4.68 Å². The molecule has 6 nitrogen and oxygen atoms in total. The summed E-state index contributed by atoms with van der Waals surface area (Å²) in [6.45, 7) is 1.94. The highest BCUT2D eigenvalue weighted by Crippen LogP contribution is 2.29. The van der Waals surface area contributed by atoms with E-state index in [2.05, 4.69) is 20.7 Å². The topological polar surface area (TPSA) is 71.8 Å².